The number of carbonyl (C=O) groups is 4. The largest absolute Gasteiger partial charge is 0.472 e. The van der Waals surface area contributed by atoms with Gasteiger partial charge in [-0.25, -0.2) is 9.13 Å². The van der Waals surface area contributed by atoms with Gasteiger partial charge in [0.2, 0.25) is 0 Å². The van der Waals surface area contributed by atoms with Crippen LogP contribution in [0.1, 0.15) is 381 Å². The van der Waals surface area contributed by atoms with Crippen LogP contribution in [0.2, 0.25) is 0 Å². The van der Waals surface area contributed by atoms with Crippen molar-refractivity contribution in [3.63, 3.8) is 0 Å². The standard InChI is InChI=1S/C72H140O17P2/c1-5-9-13-17-21-24-27-29-31-32-33-34-35-36-38-40-43-47-51-55-59-72(77)89-68(63-83-70(75)57-53-49-45-42-39-37-30-28-25-22-18-14-10-6-2)65-87-91(80,81)85-61-66(73)60-84-90(78,79)86-64-67(62-82-69(74)56-52-48-44-20-16-12-8-4)88-71(76)58-54-50-46-41-26-23-19-15-11-7-3/h66-68,73H,5-65H2,1-4H3,(H,78,79)(H,80,81)/t66-,67+,68+/m0/s1. The first-order valence-electron chi connectivity index (χ1n) is 37.8. The average molecular weight is 1340 g/mol. The number of hydrogen-bond donors (Lipinski definition) is 3. The van der Waals surface area contributed by atoms with E-state index in [0.29, 0.717) is 25.7 Å². The summed E-state index contributed by atoms with van der Waals surface area (Å²) in [5, 5.41) is 10.6. The second-order valence-electron chi connectivity index (χ2n) is 26.0. The van der Waals surface area contributed by atoms with Gasteiger partial charge in [0.15, 0.2) is 12.2 Å². The Hall–Kier alpha value is -1.94. The molecule has 540 valence electrons. The van der Waals surface area contributed by atoms with Crippen LogP contribution in [0.3, 0.4) is 0 Å². The summed E-state index contributed by atoms with van der Waals surface area (Å²) >= 11 is 0. The fraction of sp³-hybridized carbons (Fsp3) is 0.944. The molecule has 0 radical (unpaired) electrons. The highest BCUT2D eigenvalue weighted by molar-refractivity contribution is 7.47. The van der Waals surface area contributed by atoms with Crippen molar-refractivity contribution in [2.45, 2.75) is 399 Å². The van der Waals surface area contributed by atoms with Crippen molar-refractivity contribution in [2.75, 3.05) is 39.6 Å². The molecule has 91 heavy (non-hydrogen) atoms. The number of aliphatic hydroxyl groups excluding tert-OH is 1. The van der Waals surface area contributed by atoms with Crippen LogP contribution in [0.5, 0.6) is 0 Å². The van der Waals surface area contributed by atoms with Crippen LogP contribution in [0.15, 0.2) is 0 Å². The topological polar surface area (TPSA) is 237 Å². The van der Waals surface area contributed by atoms with Gasteiger partial charge in [-0.15, -0.1) is 0 Å². The Balaban J connectivity index is 5.16. The molecule has 0 aliphatic carbocycles. The molecule has 0 aliphatic heterocycles. The fourth-order valence-electron chi connectivity index (χ4n) is 11.0. The number of ether oxygens (including phenoxy) is 4. The zero-order chi connectivity index (χ0) is 66.8. The first-order chi connectivity index (χ1) is 44.2. The van der Waals surface area contributed by atoms with Crippen LogP contribution in [-0.4, -0.2) is 96.7 Å². The van der Waals surface area contributed by atoms with Crippen molar-refractivity contribution >= 4 is 39.5 Å². The van der Waals surface area contributed by atoms with Gasteiger partial charge in [-0.1, -0.05) is 329 Å². The molecule has 0 aromatic rings. The Kier molecular flexibility index (Phi) is 65.2. The minimum atomic E-state index is -4.95. The lowest BCUT2D eigenvalue weighted by atomic mass is 10.0. The third-order valence-corrected chi connectivity index (χ3v) is 18.8. The van der Waals surface area contributed by atoms with E-state index < -0.39 is 97.5 Å². The summed E-state index contributed by atoms with van der Waals surface area (Å²) in [5.41, 5.74) is 0. The first-order valence-corrected chi connectivity index (χ1v) is 40.8. The Labute approximate surface area is 556 Å². The van der Waals surface area contributed by atoms with Gasteiger partial charge in [0.1, 0.15) is 19.3 Å². The predicted octanol–water partition coefficient (Wildman–Crippen LogP) is 21.1. The average Bonchev–Trinajstić information content (AvgIpc) is 3.68. The number of unbranched alkanes of at least 4 members (excludes halogenated alkanes) is 47. The van der Waals surface area contributed by atoms with Gasteiger partial charge in [0, 0.05) is 25.7 Å². The van der Waals surface area contributed by atoms with Crippen molar-refractivity contribution in [3.05, 3.63) is 0 Å². The van der Waals surface area contributed by atoms with Crippen molar-refractivity contribution in [2.24, 2.45) is 0 Å². The molecule has 0 aromatic carbocycles. The number of rotatable bonds is 73. The number of phosphoric acid groups is 2. The molecule has 0 aromatic heterocycles. The molecule has 0 heterocycles. The summed E-state index contributed by atoms with van der Waals surface area (Å²) in [4.78, 5) is 72.4. The van der Waals surface area contributed by atoms with E-state index >= 15 is 0 Å². The molecule has 0 bridgehead atoms. The fourth-order valence-corrected chi connectivity index (χ4v) is 12.6. The van der Waals surface area contributed by atoms with Crippen molar-refractivity contribution in [1.82, 2.24) is 0 Å². The third kappa shape index (κ3) is 66.5. The maximum absolute atomic E-state index is 13.0. The molecule has 0 amide bonds. The van der Waals surface area contributed by atoms with Crippen LogP contribution >= 0.6 is 15.6 Å². The molecule has 19 heteroatoms. The van der Waals surface area contributed by atoms with Gasteiger partial charge >= 0.3 is 39.5 Å². The molecule has 0 aliphatic rings. The zero-order valence-electron chi connectivity index (χ0n) is 58.8. The molecular formula is C72H140O17P2. The molecule has 0 fully saturated rings. The van der Waals surface area contributed by atoms with Crippen molar-refractivity contribution in [1.29, 1.82) is 0 Å². The van der Waals surface area contributed by atoms with E-state index in [0.717, 1.165) is 103 Å². The van der Waals surface area contributed by atoms with E-state index in [2.05, 4.69) is 27.7 Å². The van der Waals surface area contributed by atoms with Gasteiger partial charge < -0.3 is 33.8 Å². The molecule has 17 nitrogen and oxygen atoms in total. The van der Waals surface area contributed by atoms with E-state index in [9.17, 15) is 43.2 Å². The second kappa shape index (κ2) is 66.7. The van der Waals surface area contributed by atoms with E-state index in [1.165, 1.54) is 199 Å². The number of esters is 4. The molecular weight excluding hydrogens is 1200 g/mol. The minimum absolute atomic E-state index is 0.107. The number of carbonyl (C=O) groups excluding carboxylic acids is 4. The molecule has 5 atom stereocenters. The Morgan fingerprint density at radius 2 is 0.440 bits per heavy atom. The van der Waals surface area contributed by atoms with Crippen LogP contribution in [0, 0.1) is 0 Å². The summed E-state index contributed by atoms with van der Waals surface area (Å²) < 4.78 is 68.2. The van der Waals surface area contributed by atoms with E-state index in [4.69, 9.17) is 37.0 Å². The lowest BCUT2D eigenvalue weighted by Gasteiger charge is -2.21. The molecule has 0 saturated carbocycles. The molecule has 0 spiro atoms. The zero-order valence-corrected chi connectivity index (χ0v) is 60.6. The van der Waals surface area contributed by atoms with E-state index in [-0.39, 0.29) is 25.7 Å². The van der Waals surface area contributed by atoms with Crippen LogP contribution in [0.4, 0.5) is 0 Å². The Morgan fingerprint density at radius 3 is 0.648 bits per heavy atom. The Morgan fingerprint density at radius 1 is 0.264 bits per heavy atom. The SMILES string of the molecule is CCCCCCCCCCCCCCCCCCCCCCC(=O)O[C@H](COC(=O)CCCCCCCCCCCCCCCC)COP(=O)(O)OC[C@@H](O)COP(=O)(O)OC[C@@H](COC(=O)CCCCCCCCC)OC(=O)CCCCCCCCCCCC. The van der Waals surface area contributed by atoms with Crippen LogP contribution in [0.25, 0.3) is 0 Å². The molecule has 0 saturated heterocycles. The van der Waals surface area contributed by atoms with Crippen LogP contribution < -0.4 is 0 Å². The first kappa shape index (κ1) is 89.1. The van der Waals surface area contributed by atoms with Gasteiger partial charge in [0.25, 0.3) is 0 Å². The lowest BCUT2D eigenvalue weighted by Crippen LogP contribution is -2.30. The number of hydrogen-bond acceptors (Lipinski definition) is 15. The monoisotopic (exact) mass is 1340 g/mol. The molecule has 3 N–H and O–H groups in total. The summed E-state index contributed by atoms with van der Waals surface area (Å²) in [5.74, 6) is -2.12. The summed E-state index contributed by atoms with van der Waals surface area (Å²) in [6, 6.07) is 0. The highest BCUT2D eigenvalue weighted by Gasteiger charge is 2.30. The normalized spacial score (nSPS) is 14.0. The highest BCUT2D eigenvalue weighted by Crippen LogP contribution is 2.45. The second-order valence-corrected chi connectivity index (χ2v) is 28.9. The smallest absolute Gasteiger partial charge is 0.462 e. The summed E-state index contributed by atoms with van der Waals surface area (Å²) in [6.07, 6.45) is 55.7. The van der Waals surface area contributed by atoms with Crippen molar-refractivity contribution < 1.29 is 80.2 Å². The van der Waals surface area contributed by atoms with Gasteiger partial charge in [-0.3, -0.25) is 37.3 Å². The van der Waals surface area contributed by atoms with E-state index in [1.54, 1.807) is 0 Å². The summed E-state index contributed by atoms with van der Waals surface area (Å²) in [6.45, 7) is 4.91. The predicted molar refractivity (Wildman–Crippen MR) is 368 cm³/mol. The van der Waals surface area contributed by atoms with Crippen molar-refractivity contribution in [3.8, 4) is 0 Å². The Bertz CT molecular complexity index is 1740. The molecule has 0 rings (SSSR count). The summed E-state index contributed by atoms with van der Waals surface area (Å²) in [7, 11) is -9.89. The maximum atomic E-state index is 13.0. The number of aliphatic hydroxyl groups is 1. The third-order valence-electron chi connectivity index (χ3n) is 16.9. The highest BCUT2D eigenvalue weighted by atomic mass is 31.2. The quantitative estimate of drug-likeness (QED) is 0.0222. The van der Waals surface area contributed by atoms with Gasteiger partial charge in [-0.05, 0) is 25.7 Å². The maximum Gasteiger partial charge on any atom is 0.472 e. The van der Waals surface area contributed by atoms with Crippen LogP contribution in [-0.2, 0) is 65.4 Å². The van der Waals surface area contributed by atoms with Gasteiger partial charge in [-0.2, -0.15) is 0 Å². The van der Waals surface area contributed by atoms with Gasteiger partial charge in [0.05, 0.1) is 26.4 Å². The van der Waals surface area contributed by atoms with E-state index in [1.807, 2.05) is 0 Å². The number of phosphoric ester groups is 2. The lowest BCUT2D eigenvalue weighted by molar-refractivity contribution is -0.161. The minimum Gasteiger partial charge on any atom is -0.462 e. The molecule has 2 unspecified atom stereocenters.